The number of rotatable bonds is 5. The SMILES string of the molecule is COC(=O)Cc1ccccc1OCCO. The zero-order chi connectivity index (χ0) is 11.1. The molecule has 0 aliphatic heterocycles. The molecule has 0 aromatic heterocycles. The number of hydrogen-bond acceptors (Lipinski definition) is 4. The van der Waals surface area contributed by atoms with Crippen LogP contribution in [0, 0.1) is 0 Å². The predicted octanol–water partition coefficient (Wildman–Crippen LogP) is 0.773. The van der Waals surface area contributed by atoms with Gasteiger partial charge in [0.2, 0.25) is 0 Å². The maximum absolute atomic E-state index is 11.1. The fourth-order valence-electron chi connectivity index (χ4n) is 1.17. The Morgan fingerprint density at radius 2 is 2.13 bits per heavy atom. The van der Waals surface area contributed by atoms with Crippen molar-refractivity contribution in [2.24, 2.45) is 0 Å². The monoisotopic (exact) mass is 210 g/mol. The Hall–Kier alpha value is -1.55. The van der Waals surface area contributed by atoms with Crippen LogP contribution < -0.4 is 4.74 Å². The van der Waals surface area contributed by atoms with Crippen molar-refractivity contribution in [1.82, 2.24) is 0 Å². The molecule has 82 valence electrons. The van der Waals surface area contributed by atoms with Gasteiger partial charge in [0.05, 0.1) is 20.1 Å². The summed E-state index contributed by atoms with van der Waals surface area (Å²) in [5, 5.41) is 8.63. The molecule has 0 amide bonds. The number of carbonyl (C=O) groups is 1. The third-order valence-electron chi connectivity index (χ3n) is 1.88. The Morgan fingerprint density at radius 1 is 1.40 bits per heavy atom. The van der Waals surface area contributed by atoms with Gasteiger partial charge in [-0.05, 0) is 6.07 Å². The van der Waals surface area contributed by atoms with E-state index in [0.29, 0.717) is 5.75 Å². The molecule has 0 saturated heterocycles. The maximum Gasteiger partial charge on any atom is 0.310 e. The highest BCUT2D eigenvalue weighted by Gasteiger charge is 2.08. The molecule has 0 saturated carbocycles. The summed E-state index contributed by atoms with van der Waals surface area (Å²) in [5.41, 5.74) is 0.762. The number of ether oxygens (including phenoxy) is 2. The Bertz CT molecular complexity index is 322. The molecule has 0 atom stereocenters. The van der Waals surface area contributed by atoms with E-state index in [0.717, 1.165) is 5.56 Å². The number of benzene rings is 1. The van der Waals surface area contributed by atoms with Gasteiger partial charge in [-0.25, -0.2) is 0 Å². The summed E-state index contributed by atoms with van der Waals surface area (Å²) in [6, 6.07) is 7.19. The number of carbonyl (C=O) groups excluding carboxylic acids is 1. The molecular formula is C11H14O4. The normalized spacial score (nSPS) is 9.73. The minimum Gasteiger partial charge on any atom is -0.491 e. The van der Waals surface area contributed by atoms with Gasteiger partial charge < -0.3 is 14.6 Å². The number of para-hydroxylation sites is 1. The second-order valence-corrected chi connectivity index (χ2v) is 2.93. The van der Waals surface area contributed by atoms with Crippen molar-refractivity contribution in [2.75, 3.05) is 20.3 Å². The number of aliphatic hydroxyl groups excluding tert-OH is 1. The standard InChI is InChI=1S/C11H14O4/c1-14-11(13)8-9-4-2-3-5-10(9)15-7-6-12/h2-5,12H,6-8H2,1H3. The molecule has 1 rings (SSSR count). The van der Waals surface area contributed by atoms with Crippen molar-refractivity contribution in [2.45, 2.75) is 6.42 Å². The summed E-state index contributed by atoms with van der Waals surface area (Å²) in [6.45, 7) is 0.171. The fraction of sp³-hybridized carbons (Fsp3) is 0.364. The molecule has 1 aromatic carbocycles. The van der Waals surface area contributed by atoms with E-state index in [-0.39, 0.29) is 25.6 Å². The third kappa shape index (κ3) is 3.59. The summed E-state index contributed by atoms with van der Waals surface area (Å²) in [5.74, 6) is 0.298. The molecule has 0 radical (unpaired) electrons. The molecule has 1 N–H and O–H groups in total. The van der Waals surface area contributed by atoms with Gasteiger partial charge in [-0.2, -0.15) is 0 Å². The van der Waals surface area contributed by atoms with Crippen molar-refractivity contribution in [3.05, 3.63) is 29.8 Å². The lowest BCUT2D eigenvalue weighted by Gasteiger charge is -2.09. The summed E-state index contributed by atoms with van der Waals surface area (Å²) in [6.07, 6.45) is 0.179. The largest absolute Gasteiger partial charge is 0.491 e. The molecule has 4 nitrogen and oxygen atoms in total. The molecule has 4 heteroatoms. The van der Waals surface area contributed by atoms with Crippen molar-refractivity contribution in [3.63, 3.8) is 0 Å². The van der Waals surface area contributed by atoms with Gasteiger partial charge >= 0.3 is 5.97 Å². The van der Waals surface area contributed by atoms with Crippen LogP contribution in [0.25, 0.3) is 0 Å². The summed E-state index contributed by atoms with van der Waals surface area (Å²) >= 11 is 0. The van der Waals surface area contributed by atoms with E-state index in [1.54, 1.807) is 12.1 Å². The lowest BCUT2D eigenvalue weighted by Crippen LogP contribution is -2.08. The molecule has 0 fully saturated rings. The lowest BCUT2D eigenvalue weighted by atomic mass is 10.1. The van der Waals surface area contributed by atoms with Crippen LogP contribution in [0.1, 0.15) is 5.56 Å². The smallest absolute Gasteiger partial charge is 0.310 e. The lowest BCUT2D eigenvalue weighted by molar-refractivity contribution is -0.139. The first kappa shape index (κ1) is 11.5. The molecule has 15 heavy (non-hydrogen) atoms. The maximum atomic E-state index is 11.1. The molecule has 0 bridgehead atoms. The number of hydrogen-bond donors (Lipinski definition) is 1. The van der Waals surface area contributed by atoms with E-state index in [1.165, 1.54) is 7.11 Å². The molecule has 0 heterocycles. The van der Waals surface area contributed by atoms with E-state index in [4.69, 9.17) is 9.84 Å². The number of methoxy groups -OCH3 is 1. The van der Waals surface area contributed by atoms with E-state index >= 15 is 0 Å². The summed E-state index contributed by atoms with van der Waals surface area (Å²) in [7, 11) is 1.35. The first-order valence-electron chi connectivity index (χ1n) is 4.66. The summed E-state index contributed by atoms with van der Waals surface area (Å²) in [4.78, 5) is 11.1. The van der Waals surface area contributed by atoms with Crippen LogP contribution in [-0.4, -0.2) is 31.4 Å². The van der Waals surface area contributed by atoms with Crippen molar-refractivity contribution in [1.29, 1.82) is 0 Å². The minimum absolute atomic E-state index is 0.0490. The quantitative estimate of drug-likeness (QED) is 0.729. The zero-order valence-electron chi connectivity index (χ0n) is 8.60. The number of esters is 1. The van der Waals surface area contributed by atoms with Crippen LogP contribution in [0.5, 0.6) is 5.75 Å². The fourth-order valence-corrected chi connectivity index (χ4v) is 1.17. The van der Waals surface area contributed by atoms with Gasteiger partial charge in [0.25, 0.3) is 0 Å². The number of aliphatic hydroxyl groups is 1. The average molecular weight is 210 g/mol. The van der Waals surface area contributed by atoms with E-state index < -0.39 is 0 Å². The minimum atomic E-state index is -0.310. The van der Waals surface area contributed by atoms with Gasteiger partial charge in [0.1, 0.15) is 12.4 Å². The molecular weight excluding hydrogens is 196 g/mol. The van der Waals surface area contributed by atoms with E-state index in [1.807, 2.05) is 12.1 Å². The Balaban J connectivity index is 2.72. The second kappa shape index (κ2) is 6.03. The van der Waals surface area contributed by atoms with Gasteiger partial charge in [-0.15, -0.1) is 0 Å². The van der Waals surface area contributed by atoms with Crippen molar-refractivity contribution >= 4 is 5.97 Å². The summed E-state index contributed by atoms with van der Waals surface area (Å²) < 4.78 is 9.84. The van der Waals surface area contributed by atoms with Crippen LogP contribution in [0.3, 0.4) is 0 Å². The third-order valence-corrected chi connectivity index (χ3v) is 1.88. The zero-order valence-corrected chi connectivity index (χ0v) is 8.60. The van der Waals surface area contributed by atoms with Crippen molar-refractivity contribution in [3.8, 4) is 5.75 Å². The average Bonchev–Trinajstić information content (AvgIpc) is 2.28. The Kier molecular flexibility index (Phi) is 4.63. The molecule has 1 aromatic rings. The van der Waals surface area contributed by atoms with Crippen LogP contribution in [-0.2, 0) is 16.0 Å². The topological polar surface area (TPSA) is 55.8 Å². The predicted molar refractivity (Wildman–Crippen MR) is 54.7 cm³/mol. The van der Waals surface area contributed by atoms with E-state index in [2.05, 4.69) is 4.74 Å². The Morgan fingerprint density at radius 3 is 2.80 bits per heavy atom. The first-order valence-corrected chi connectivity index (χ1v) is 4.66. The van der Waals surface area contributed by atoms with Gasteiger partial charge in [-0.3, -0.25) is 4.79 Å². The first-order chi connectivity index (χ1) is 7.27. The van der Waals surface area contributed by atoms with Crippen LogP contribution in [0.2, 0.25) is 0 Å². The Labute approximate surface area is 88.4 Å². The van der Waals surface area contributed by atoms with Crippen molar-refractivity contribution < 1.29 is 19.4 Å². The molecule has 0 aliphatic carbocycles. The highest BCUT2D eigenvalue weighted by atomic mass is 16.5. The van der Waals surface area contributed by atoms with Gasteiger partial charge in [0, 0.05) is 5.56 Å². The van der Waals surface area contributed by atoms with Gasteiger partial charge in [-0.1, -0.05) is 18.2 Å². The second-order valence-electron chi connectivity index (χ2n) is 2.93. The molecule has 0 spiro atoms. The van der Waals surface area contributed by atoms with E-state index in [9.17, 15) is 4.79 Å². The van der Waals surface area contributed by atoms with Crippen LogP contribution >= 0.6 is 0 Å². The highest BCUT2D eigenvalue weighted by Crippen LogP contribution is 2.18. The van der Waals surface area contributed by atoms with Gasteiger partial charge in [0.15, 0.2) is 0 Å². The highest BCUT2D eigenvalue weighted by molar-refractivity contribution is 5.73. The molecule has 0 aliphatic rings. The van der Waals surface area contributed by atoms with Crippen LogP contribution in [0.4, 0.5) is 0 Å². The van der Waals surface area contributed by atoms with Crippen LogP contribution in [0.15, 0.2) is 24.3 Å². The molecule has 0 unspecified atom stereocenters.